The molecular weight excluding hydrogens is 220 g/mol. The lowest BCUT2D eigenvalue weighted by atomic mass is 10.3. The summed E-state index contributed by atoms with van der Waals surface area (Å²) in [5, 5.41) is 12.9. The summed E-state index contributed by atoms with van der Waals surface area (Å²) in [5.74, 6) is -0.232. The van der Waals surface area contributed by atoms with Crippen LogP contribution in [0.2, 0.25) is 0 Å². The summed E-state index contributed by atoms with van der Waals surface area (Å²) in [7, 11) is 0. The molecule has 1 aromatic rings. The molecule has 0 saturated heterocycles. The highest BCUT2D eigenvalue weighted by molar-refractivity contribution is 7.18. The second-order valence-electron chi connectivity index (χ2n) is 2.70. The van der Waals surface area contributed by atoms with Crippen molar-refractivity contribution in [3.63, 3.8) is 0 Å². The number of thiazole rings is 1. The van der Waals surface area contributed by atoms with Crippen LogP contribution in [0.1, 0.15) is 12.8 Å². The van der Waals surface area contributed by atoms with E-state index in [4.69, 9.17) is 5.73 Å². The molecule has 0 aliphatic heterocycles. The quantitative estimate of drug-likeness (QED) is 0.572. The van der Waals surface area contributed by atoms with Crippen LogP contribution < -0.4 is 11.1 Å². The first-order chi connectivity index (χ1) is 7.13. The van der Waals surface area contributed by atoms with Gasteiger partial charge in [-0.1, -0.05) is 0 Å². The molecule has 0 radical (unpaired) electrons. The first kappa shape index (κ1) is 11.5. The van der Waals surface area contributed by atoms with E-state index in [-0.39, 0.29) is 16.0 Å². The highest BCUT2D eigenvalue weighted by atomic mass is 32.1. The third kappa shape index (κ3) is 3.60. The Hall–Kier alpha value is -1.54. The highest BCUT2D eigenvalue weighted by Gasteiger charge is 2.12. The van der Waals surface area contributed by atoms with Crippen LogP contribution in [-0.2, 0) is 4.79 Å². The lowest BCUT2D eigenvalue weighted by Gasteiger charge is -1.98. The molecule has 15 heavy (non-hydrogen) atoms. The van der Waals surface area contributed by atoms with E-state index in [9.17, 15) is 14.9 Å². The largest absolute Gasteiger partial charge is 0.345 e. The Morgan fingerprint density at radius 2 is 2.47 bits per heavy atom. The van der Waals surface area contributed by atoms with Gasteiger partial charge in [0, 0.05) is 6.42 Å². The number of hydrogen-bond donors (Lipinski definition) is 2. The molecule has 0 atom stereocenters. The Kier molecular flexibility index (Phi) is 4.13. The summed E-state index contributed by atoms with van der Waals surface area (Å²) >= 11 is 0.829. The number of nitro groups is 1. The molecule has 82 valence electrons. The summed E-state index contributed by atoms with van der Waals surface area (Å²) in [4.78, 5) is 24.7. The molecule has 1 aromatic heterocycles. The zero-order valence-electron chi connectivity index (χ0n) is 7.80. The summed E-state index contributed by atoms with van der Waals surface area (Å²) in [5.41, 5.74) is 5.23. The molecule has 1 heterocycles. The highest BCUT2D eigenvalue weighted by Crippen LogP contribution is 2.24. The van der Waals surface area contributed by atoms with Crippen molar-refractivity contribution in [1.82, 2.24) is 4.98 Å². The second-order valence-corrected chi connectivity index (χ2v) is 3.71. The van der Waals surface area contributed by atoms with Crippen LogP contribution in [0.25, 0.3) is 0 Å². The van der Waals surface area contributed by atoms with Crippen molar-refractivity contribution in [2.75, 3.05) is 11.9 Å². The van der Waals surface area contributed by atoms with Crippen LogP contribution in [0.4, 0.5) is 10.1 Å². The Morgan fingerprint density at radius 1 is 1.73 bits per heavy atom. The number of hydrogen-bond acceptors (Lipinski definition) is 6. The van der Waals surface area contributed by atoms with Gasteiger partial charge in [0.15, 0.2) is 5.13 Å². The maximum absolute atomic E-state index is 11.2. The SMILES string of the molecule is NCCCC(=O)Nc1ncc([N+](=O)[O-])s1. The zero-order valence-corrected chi connectivity index (χ0v) is 8.62. The Labute approximate surface area is 89.5 Å². The standard InChI is InChI=1S/C7H10N4O3S/c8-3-1-2-5(12)10-7-9-4-6(15-7)11(13)14/h4H,1-3,8H2,(H,9,10,12). The number of amides is 1. The van der Waals surface area contributed by atoms with Crippen molar-refractivity contribution >= 4 is 27.4 Å². The average Bonchev–Trinajstić information content (AvgIpc) is 2.63. The van der Waals surface area contributed by atoms with Crippen molar-refractivity contribution < 1.29 is 9.72 Å². The van der Waals surface area contributed by atoms with Crippen molar-refractivity contribution in [3.8, 4) is 0 Å². The van der Waals surface area contributed by atoms with Crippen LogP contribution in [0.15, 0.2) is 6.20 Å². The molecule has 0 spiro atoms. The summed E-state index contributed by atoms with van der Waals surface area (Å²) in [6, 6.07) is 0. The van der Waals surface area contributed by atoms with Crippen LogP contribution >= 0.6 is 11.3 Å². The summed E-state index contributed by atoms with van der Waals surface area (Å²) in [6.45, 7) is 0.436. The molecule has 0 aromatic carbocycles. The van der Waals surface area contributed by atoms with E-state index in [1.807, 2.05) is 0 Å². The van der Waals surface area contributed by atoms with Crippen LogP contribution in [-0.4, -0.2) is 22.4 Å². The number of rotatable bonds is 5. The molecule has 0 aliphatic rings. The van der Waals surface area contributed by atoms with Gasteiger partial charge in [0.25, 0.3) is 0 Å². The van der Waals surface area contributed by atoms with Crippen molar-refractivity contribution in [2.24, 2.45) is 5.73 Å². The fourth-order valence-electron chi connectivity index (χ4n) is 0.852. The molecule has 3 N–H and O–H groups in total. The van der Waals surface area contributed by atoms with Crippen molar-refractivity contribution in [3.05, 3.63) is 16.3 Å². The van der Waals surface area contributed by atoms with Gasteiger partial charge in [0.1, 0.15) is 6.20 Å². The Morgan fingerprint density at radius 3 is 3.00 bits per heavy atom. The van der Waals surface area contributed by atoms with Crippen molar-refractivity contribution in [2.45, 2.75) is 12.8 Å². The van der Waals surface area contributed by atoms with Gasteiger partial charge in [0.05, 0.1) is 4.92 Å². The van der Waals surface area contributed by atoms with Gasteiger partial charge in [0.2, 0.25) is 5.91 Å². The fraction of sp³-hybridized carbons (Fsp3) is 0.429. The van der Waals surface area contributed by atoms with E-state index in [1.165, 1.54) is 0 Å². The molecule has 0 bridgehead atoms. The van der Waals surface area contributed by atoms with Gasteiger partial charge in [-0.2, -0.15) is 0 Å². The monoisotopic (exact) mass is 230 g/mol. The third-order valence-electron chi connectivity index (χ3n) is 1.53. The number of nitrogens with two attached hydrogens (primary N) is 1. The van der Waals surface area contributed by atoms with Gasteiger partial charge < -0.3 is 11.1 Å². The molecule has 7 nitrogen and oxygen atoms in total. The first-order valence-electron chi connectivity index (χ1n) is 4.23. The Balaban J connectivity index is 2.50. The van der Waals surface area contributed by atoms with Crippen molar-refractivity contribution in [1.29, 1.82) is 0 Å². The predicted molar refractivity (Wildman–Crippen MR) is 55.7 cm³/mol. The minimum absolute atomic E-state index is 0.0934. The number of carbonyl (C=O) groups is 1. The molecule has 1 rings (SSSR count). The van der Waals surface area contributed by atoms with Gasteiger partial charge in [-0.15, -0.1) is 0 Å². The van der Waals surface area contributed by atoms with Crippen LogP contribution in [0.3, 0.4) is 0 Å². The average molecular weight is 230 g/mol. The van der Waals surface area contributed by atoms with E-state index in [2.05, 4.69) is 10.3 Å². The number of aromatic nitrogens is 1. The first-order valence-corrected chi connectivity index (χ1v) is 5.05. The van der Waals surface area contributed by atoms with E-state index >= 15 is 0 Å². The minimum atomic E-state index is -0.548. The van der Waals surface area contributed by atoms with Gasteiger partial charge in [-0.3, -0.25) is 14.9 Å². The third-order valence-corrected chi connectivity index (χ3v) is 2.39. The van der Waals surface area contributed by atoms with Gasteiger partial charge in [-0.25, -0.2) is 4.98 Å². The molecule has 1 amide bonds. The molecule has 0 aliphatic carbocycles. The zero-order chi connectivity index (χ0) is 11.3. The summed E-state index contributed by atoms with van der Waals surface area (Å²) < 4.78 is 0. The molecule has 0 unspecified atom stereocenters. The molecule has 8 heteroatoms. The van der Waals surface area contributed by atoms with Crippen LogP contribution in [0, 0.1) is 10.1 Å². The van der Waals surface area contributed by atoms with E-state index in [1.54, 1.807) is 0 Å². The van der Waals surface area contributed by atoms with E-state index < -0.39 is 4.92 Å². The summed E-state index contributed by atoms with van der Waals surface area (Å²) in [6.07, 6.45) is 1.99. The van der Waals surface area contributed by atoms with Gasteiger partial charge >= 0.3 is 5.00 Å². The topological polar surface area (TPSA) is 111 Å². The van der Waals surface area contributed by atoms with E-state index in [0.717, 1.165) is 17.5 Å². The molecular formula is C7H10N4O3S. The normalized spacial score (nSPS) is 9.93. The van der Waals surface area contributed by atoms with Gasteiger partial charge in [-0.05, 0) is 24.3 Å². The lowest BCUT2D eigenvalue weighted by Crippen LogP contribution is -2.13. The maximum Gasteiger partial charge on any atom is 0.345 e. The lowest BCUT2D eigenvalue weighted by molar-refractivity contribution is -0.380. The smallest absolute Gasteiger partial charge is 0.330 e. The molecule has 0 saturated carbocycles. The maximum atomic E-state index is 11.2. The minimum Gasteiger partial charge on any atom is -0.330 e. The Bertz CT molecular complexity index is 365. The number of nitrogens with one attached hydrogen (secondary N) is 1. The molecule has 0 fully saturated rings. The van der Waals surface area contributed by atoms with Crippen LogP contribution in [0.5, 0.6) is 0 Å². The predicted octanol–water partition coefficient (Wildman–Crippen LogP) is 0.729. The second kappa shape index (κ2) is 5.37. The number of nitrogens with zero attached hydrogens (tertiary/aromatic N) is 2. The fourth-order valence-corrected chi connectivity index (χ4v) is 1.50. The number of anilines is 1. The number of carbonyl (C=O) groups excluding carboxylic acids is 1. The van der Waals surface area contributed by atoms with E-state index in [0.29, 0.717) is 19.4 Å².